The first-order valence-electron chi connectivity index (χ1n) is 6.84. The largest absolute Gasteiger partial charge is 0.465 e. The number of rotatable bonds is 5. The highest BCUT2D eigenvalue weighted by atomic mass is 16.5. The van der Waals surface area contributed by atoms with Crippen LogP contribution in [0.25, 0.3) is 5.70 Å². The first-order valence-corrected chi connectivity index (χ1v) is 6.84. The van der Waals surface area contributed by atoms with Gasteiger partial charge in [-0.1, -0.05) is 42.5 Å². The van der Waals surface area contributed by atoms with Gasteiger partial charge < -0.3 is 10.1 Å². The van der Waals surface area contributed by atoms with E-state index in [1.165, 1.54) is 20.1 Å². The van der Waals surface area contributed by atoms with Crippen LogP contribution >= 0.6 is 0 Å². The van der Waals surface area contributed by atoms with Gasteiger partial charge in [0.05, 0.1) is 18.4 Å². The Labute approximate surface area is 129 Å². The minimum atomic E-state index is -0.432. The molecule has 0 saturated carbocycles. The van der Waals surface area contributed by atoms with Crippen molar-refractivity contribution in [3.05, 3.63) is 71.8 Å². The average molecular weight is 295 g/mol. The number of carbonyl (C=O) groups is 2. The van der Waals surface area contributed by atoms with E-state index in [0.29, 0.717) is 16.9 Å². The van der Waals surface area contributed by atoms with Crippen molar-refractivity contribution >= 4 is 23.1 Å². The van der Waals surface area contributed by atoms with Gasteiger partial charge in [-0.05, 0) is 24.6 Å². The quantitative estimate of drug-likeness (QED) is 0.677. The van der Waals surface area contributed by atoms with Crippen LogP contribution in [0.1, 0.15) is 22.8 Å². The molecule has 2 rings (SSSR count). The van der Waals surface area contributed by atoms with Crippen molar-refractivity contribution < 1.29 is 14.3 Å². The molecule has 0 radical (unpaired) electrons. The van der Waals surface area contributed by atoms with Crippen molar-refractivity contribution in [2.45, 2.75) is 6.92 Å². The zero-order valence-corrected chi connectivity index (χ0v) is 12.5. The minimum Gasteiger partial charge on any atom is -0.465 e. The Kier molecular flexibility index (Phi) is 5.09. The number of hydrogen-bond acceptors (Lipinski definition) is 4. The predicted molar refractivity (Wildman–Crippen MR) is 86.5 cm³/mol. The number of carbonyl (C=O) groups excluding carboxylic acids is 2. The summed E-state index contributed by atoms with van der Waals surface area (Å²) in [5.41, 5.74) is 2.49. The molecule has 0 aliphatic heterocycles. The number of benzene rings is 2. The third kappa shape index (κ3) is 3.82. The summed E-state index contributed by atoms with van der Waals surface area (Å²) >= 11 is 0. The van der Waals surface area contributed by atoms with Gasteiger partial charge in [-0.2, -0.15) is 0 Å². The summed E-state index contributed by atoms with van der Waals surface area (Å²) < 4.78 is 4.78. The average Bonchev–Trinajstić information content (AvgIpc) is 2.54. The highest BCUT2D eigenvalue weighted by molar-refractivity contribution is 6.01. The normalized spacial score (nSPS) is 10.9. The third-order valence-corrected chi connectivity index (χ3v) is 3.03. The Bertz CT molecular complexity index is 705. The van der Waals surface area contributed by atoms with Gasteiger partial charge in [0.1, 0.15) is 0 Å². The summed E-state index contributed by atoms with van der Waals surface area (Å²) in [6, 6.07) is 16.5. The number of ketones is 1. The summed E-state index contributed by atoms with van der Waals surface area (Å²) in [5.74, 6) is -0.514. The van der Waals surface area contributed by atoms with Gasteiger partial charge in [0.2, 0.25) is 0 Å². The lowest BCUT2D eigenvalue weighted by molar-refractivity contribution is -0.112. The van der Waals surface area contributed by atoms with Gasteiger partial charge in [0, 0.05) is 11.8 Å². The standard InChI is InChI=1S/C18H17NO3/c1-13(20)12-17(14-8-4-3-5-9-14)19-16-11-7-6-10-15(16)18(21)22-2/h3-12,19H,1-2H3/b17-12-. The summed E-state index contributed by atoms with van der Waals surface area (Å²) in [7, 11) is 1.34. The zero-order chi connectivity index (χ0) is 15.9. The number of esters is 1. The van der Waals surface area contributed by atoms with Crippen LogP contribution in [0, 0.1) is 0 Å². The van der Waals surface area contributed by atoms with Crippen LogP contribution in [-0.4, -0.2) is 18.9 Å². The summed E-state index contributed by atoms with van der Waals surface area (Å²) in [6.45, 7) is 1.48. The van der Waals surface area contributed by atoms with Crippen molar-refractivity contribution in [1.82, 2.24) is 0 Å². The molecule has 112 valence electrons. The summed E-state index contributed by atoms with van der Waals surface area (Å²) in [5, 5.41) is 3.15. The predicted octanol–water partition coefficient (Wildman–Crippen LogP) is 3.52. The van der Waals surface area contributed by atoms with Crippen molar-refractivity contribution in [3.63, 3.8) is 0 Å². The van der Waals surface area contributed by atoms with Gasteiger partial charge in [-0.3, -0.25) is 4.79 Å². The Morgan fingerprint density at radius 1 is 1.00 bits per heavy atom. The number of ether oxygens (including phenoxy) is 1. The number of nitrogens with one attached hydrogen (secondary N) is 1. The molecule has 0 atom stereocenters. The number of methoxy groups -OCH3 is 1. The molecule has 2 aromatic rings. The maximum Gasteiger partial charge on any atom is 0.339 e. The maximum atomic E-state index is 11.8. The molecule has 0 spiro atoms. The fourth-order valence-corrected chi connectivity index (χ4v) is 2.04. The molecule has 0 saturated heterocycles. The maximum absolute atomic E-state index is 11.8. The first kappa shape index (κ1) is 15.5. The highest BCUT2D eigenvalue weighted by Gasteiger charge is 2.12. The smallest absolute Gasteiger partial charge is 0.339 e. The van der Waals surface area contributed by atoms with Crippen molar-refractivity contribution in [1.29, 1.82) is 0 Å². The fourth-order valence-electron chi connectivity index (χ4n) is 2.04. The van der Waals surface area contributed by atoms with Gasteiger partial charge >= 0.3 is 5.97 Å². The molecule has 4 heteroatoms. The molecule has 0 bridgehead atoms. The monoisotopic (exact) mass is 295 g/mol. The summed E-state index contributed by atoms with van der Waals surface area (Å²) in [6.07, 6.45) is 1.50. The molecule has 1 N–H and O–H groups in total. The van der Waals surface area contributed by atoms with Crippen LogP contribution in [0.5, 0.6) is 0 Å². The number of allylic oxidation sites excluding steroid dienone is 1. The Balaban J connectivity index is 2.41. The second-order valence-electron chi connectivity index (χ2n) is 4.70. The second kappa shape index (κ2) is 7.22. The topological polar surface area (TPSA) is 55.4 Å². The highest BCUT2D eigenvalue weighted by Crippen LogP contribution is 2.22. The summed E-state index contributed by atoms with van der Waals surface area (Å²) in [4.78, 5) is 23.3. The molecule has 0 unspecified atom stereocenters. The second-order valence-corrected chi connectivity index (χ2v) is 4.70. The lowest BCUT2D eigenvalue weighted by Crippen LogP contribution is -2.08. The van der Waals surface area contributed by atoms with E-state index in [-0.39, 0.29) is 5.78 Å². The van der Waals surface area contributed by atoms with Gasteiger partial charge in [-0.15, -0.1) is 0 Å². The molecular formula is C18H17NO3. The van der Waals surface area contributed by atoms with Crippen LogP contribution in [0.3, 0.4) is 0 Å². The molecule has 4 nitrogen and oxygen atoms in total. The van der Waals surface area contributed by atoms with Crippen molar-refractivity contribution in [2.75, 3.05) is 12.4 Å². The van der Waals surface area contributed by atoms with Crippen molar-refractivity contribution in [2.24, 2.45) is 0 Å². The van der Waals surface area contributed by atoms with E-state index in [4.69, 9.17) is 4.74 Å². The van der Waals surface area contributed by atoms with Crippen LogP contribution in [0.15, 0.2) is 60.7 Å². The van der Waals surface area contributed by atoms with E-state index in [0.717, 1.165) is 5.56 Å². The van der Waals surface area contributed by atoms with Gasteiger partial charge in [0.25, 0.3) is 0 Å². The fraction of sp³-hybridized carbons (Fsp3) is 0.111. The molecule has 0 amide bonds. The van der Waals surface area contributed by atoms with E-state index in [1.807, 2.05) is 36.4 Å². The van der Waals surface area contributed by atoms with Crippen LogP contribution in [0.2, 0.25) is 0 Å². The van der Waals surface area contributed by atoms with E-state index in [9.17, 15) is 9.59 Å². The molecular weight excluding hydrogens is 278 g/mol. The zero-order valence-electron chi connectivity index (χ0n) is 12.5. The first-order chi connectivity index (χ1) is 10.6. The lowest BCUT2D eigenvalue weighted by Gasteiger charge is -2.14. The Morgan fingerprint density at radius 3 is 2.27 bits per heavy atom. The van der Waals surface area contributed by atoms with Gasteiger partial charge in [0.15, 0.2) is 5.78 Å². The van der Waals surface area contributed by atoms with Crippen LogP contribution in [-0.2, 0) is 9.53 Å². The number of anilines is 1. The van der Waals surface area contributed by atoms with Crippen LogP contribution < -0.4 is 5.32 Å². The molecule has 0 aromatic heterocycles. The minimum absolute atomic E-state index is 0.0816. The number of para-hydroxylation sites is 1. The van der Waals surface area contributed by atoms with Gasteiger partial charge in [-0.25, -0.2) is 4.79 Å². The molecule has 0 aliphatic carbocycles. The van der Waals surface area contributed by atoms with E-state index in [2.05, 4.69) is 5.32 Å². The molecule has 2 aromatic carbocycles. The third-order valence-electron chi connectivity index (χ3n) is 3.03. The molecule has 22 heavy (non-hydrogen) atoms. The number of hydrogen-bond donors (Lipinski definition) is 1. The van der Waals surface area contributed by atoms with E-state index < -0.39 is 5.97 Å². The van der Waals surface area contributed by atoms with Crippen molar-refractivity contribution in [3.8, 4) is 0 Å². The lowest BCUT2D eigenvalue weighted by atomic mass is 10.1. The Morgan fingerprint density at radius 2 is 1.64 bits per heavy atom. The van der Waals surface area contributed by atoms with E-state index in [1.54, 1.807) is 18.2 Å². The SMILES string of the molecule is COC(=O)c1ccccc1N/C(=C\C(C)=O)c1ccccc1. The Hall–Kier alpha value is -2.88. The molecule has 0 heterocycles. The van der Waals surface area contributed by atoms with Crippen LogP contribution in [0.4, 0.5) is 5.69 Å². The molecule has 0 fully saturated rings. The molecule has 0 aliphatic rings. The van der Waals surface area contributed by atoms with E-state index >= 15 is 0 Å².